The fourth-order valence-corrected chi connectivity index (χ4v) is 4.96. The van der Waals surface area contributed by atoms with Gasteiger partial charge in [-0.25, -0.2) is 4.98 Å². The van der Waals surface area contributed by atoms with Crippen molar-refractivity contribution in [3.8, 4) is 0 Å². The Hall–Kier alpha value is -4.13. The topological polar surface area (TPSA) is 95.2 Å². The molecule has 0 spiro atoms. The molecule has 4 heterocycles. The molecule has 4 N–H and O–H groups in total. The van der Waals surface area contributed by atoms with E-state index >= 15 is 0 Å². The van der Waals surface area contributed by atoms with E-state index < -0.39 is 0 Å². The molecule has 1 saturated heterocycles. The van der Waals surface area contributed by atoms with Crippen LogP contribution in [-0.4, -0.2) is 40.8 Å². The van der Waals surface area contributed by atoms with Crippen LogP contribution >= 0.6 is 0 Å². The van der Waals surface area contributed by atoms with E-state index in [1.807, 2.05) is 44.6 Å². The van der Waals surface area contributed by atoms with E-state index in [0.29, 0.717) is 18.1 Å². The van der Waals surface area contributed by atoms with Gasteiger partial charge in [0.25, 0.3) is 0 Å². The first-order chi connectivity index (χ1) is 19.0. The van der Waals surface area contributed by atoms with Gasteiger partial charge in [-0.2, -0.15) is 0 Å². The molecular weight excluding hydrogens is 482 g/mol. The maximum absolute atomic E-state index is 6.45. The molecule has 0 bridgehead atoms. The zero-order chi connectivity index (χ0) is 27.8. The Balaban J connectivity index is 0.00000172. The standard InChI is InChI=1S/C30H35N7.C2H6/c1-4-8-20(2)34-24-15-23(11-12-32-17-24)22-9-10-26(31)25(16-22)21(3)30-35-27-18-33-19-28(29(27)36-30)37-13-6-5-7-14-37;1-2/h9-11,15-19,34H,2-8,12-14,31H2,1H3,(H,35,36);1-2H3. The lowest BCUT2D eigenvalue weighted by Crippen LogP contribution is -2.29. The Labute approximate surface area is 232 Å². The second-order valence-corrected chi connectivity index (χ2v) is 9.70. The highest BCUT2D eigenvalue weighted by molar-refractivity contribution is 5.93. The van der Waals surface area contributed by atoms with Gasteiger partial charge >= 0.3 is 0 Å². The number of allylic oxidation sites excluding steroid dienone is 4. The number of aromatic amines is 1. The molecule has 0 aliphatic carbocycles. The predicted octanol–water partition coefficient (Wildman–Crippen LogP) is 6.87. The molecule has 1 aromatic carbocycles. The lowest BCUT2D eigenvalue weighted by molar-refractivity contribution is 0.578. The average molecular weight is 524 g/mol. The van der Waals surface area contributed by atoms with E-state index in [1.165, 1.54) is 19.3 Å². The van der Waals surface area contributed by atoms with Gasteiger partial charge in [0.15, 0.2) is 0 Å². The van der Waals surface area contributed by atoms with E-state index in [4.69, 9.17) is 10.7 Å². The Morgan fingerprint density at radius 2 is 1.92 bits per heavy atom. The van der Waals surface area contributed by atoms with Crippen molar-refractivity contribution in [1.82, 2.24) is 20.3 Å². The number of nitrogens with two attached hydrogens (primary N) is 1. The Morgan fingerprint density at radius 1 is 1.13 bits per heavy atom. The summed E-state index contributed by atoms with van der Waals surface area (Å²) in [6.45, 7) is 17.3. The minimum absolute atomic E-state index is 0.605. The van der Waals surface area contributed by atoms with Crippen LogP contribution in [-0.2, 0) is 0 Å². The lowest BCUT2D eigenvalue weighted by atomic mass is 9.97. The number of benzene rings is 1. The summed E-state index contributed by atoms with van der Waals surface area (Å²) in [6.07, 6.45) is 15.5. The van der Waals surface area contributed by atoms with Crippen LogP contribution < -0.4 is 16.0 Å². The van der Waals surface area contributed by atoms with Crippen molar-refractivity contribution in [1.29, 1.82) is 0 Å². The number of nitrogens with one attached hydrogen (secondary N) is 2. The third-order valence-electron chi connectivity index (χ3n) is 6.90. The Kier molecular flexibility index (Phi) is 9.36. The van der Waals surface area contributed by atoms with Crippen LogP contribution in [0.3, 0.4) is 0 Å². The first-order valence-electron chi connectivity index (χ1n) is 14.1. The van der Waals surface area contributed by atoms with Crippen LogP contribution in [0.2, 0.25) is 0 Å². The monoisotopic (exact) mass is 523 g/mol. The maximum Gasteiger partial charge on any atom is 0.138 e. The smallest absolute Gasteiger partial charge is 0.138 e. The minimum Gasteiger partial charge on any atom is -0.398 e. The number of hydrogen-bond donors (Lipinski definition) is 3. The minimum atomic E-state index is 0.605. The fourth-order valence-electron chi connectivity index (χ4n) is 4.96. The van der Waals surface area contributed by atoms with Crippen LogP contribution in [0.4, 0.5) is 11.4 Å². The number of nitrogen functional groups attached to an aromatic ring is 1. The van der Waals surface area contributed by atoms with E-state index in [1.54, 1.807) is 0 Å². The van der Waals surface area contributed by atoms with Gasteiger partial charge in [-0.1, -0.05) is 52.5 Å². The summed E-state index contributed by atoms with van der Waals surface area (Å²) in [5.74, 6) is 0.706. The zero-order valence-corrected chi connectivity index (χ0v) is 23.6. The van der Waals surface area contributed by atoms with Crippen molar-refractivity contribution >= 4 is 39.8 Å². The van der Waals surface area contributed by atoms with E-state index in [2.05, 4.69) is 63.5 Å². The molecule has 0 atom stereocenters. The summed E-state index contributed by atoms with van der Waals surface area (Å²) in [6, 6.07) is 6.05. The normalized spacial score (nSPS) is 15.1. The van der Waals surface area contributed by atoms with Gasteiger partial charge in [0.05, 0.1) is 35.8 Å². The molecular formula is C32H41N7. The number of anilines is 2. The molecule has 2 aliphatic heterocycles. The number of fused-ring (bicyclic) bond motifs is 1. The largest absolute Gasteiger partial charge is 0.398 e. The van der Waals surface area contributed by atoms with Gasteiger partial charge in [0.2, 0.25) is 0 Å². The van der Waals surface area contributed by atoms with E-state index in [0.717, 1.165) is 76.3 Å². The molecule has 7 heteroatoms. The third kappa shape index (κ3) is 6.48. The quantitative estimate of drug-likeness (QED) is 0.280. The molecule has 1 fully saturated rings. The van der Waals surface area contributed by atoms with Gasteiger partial charge in [-0.15, -0.1) is 0 Å². The number of piperidine rings is 1. The van der Waals surface area contributed by atoms with Crippen molar-refractivity contribution in [3.63, 3.8) is 0 Å². The molecule has 204 valence electrons. The highest BCUT2D eigenvalue weighted by atomic mass is 15.2. The third-order valence-corrected chi connectivity index (χ3v) is 6.90. The van der Waals surface area contributed by atoms with Crippen molar-refractivity contribution in [2.24, 2.45) is 4.99 Å². The van der Waals surface area contributed by atoms with Crippen LogP contribution in [0.15, 0.2) is 72.3 Å². The second kappa shape index (κ2) is 13.1. The molecule has 0 radical (unpaired) electrons. The van der Waals surface area contributed by atoms with E-state index in [-0.39, 0.29) is 0 Å². The average Bonchev–Trinajstić information content (AvgIpc) is 3.28. The summed E-state index contributed by atoms with van der Waals surface area (Å²) in [5.41, 5.74) is 15.7. The number of aliphatic imine (C=N–C) groups is 1. The molecule has 0 amide bonds. The van der Waals surface area contributed by atoms with Gasteiger partial charge in [0, 0.05) is 41.8 Å². The van der Waals surface area contributed by atoms with Gasteiger partial charge in [-0.05, 0) is 55.0 Å². The molecule has 5 rings (SSSR count). The zero-order valence-electron chi connectivity index (χ0n) is 23.6. The molecule has 2 aromatic heterocycles. The predicted molar refractivity (Wildman–Crippen MR) is 167 cm³/mol. The van der Waals surface area contributed by atoms with Crippen molar-refractivity contribution < 1.29 is 0 Å². The first kappa shape index (κ1) is 27.9. The number of nitrogens with zero attached hydrogens (tertiary/aromatic N) is 4. The number of hydrogen-bond acceptors (Lipinski definition) is 6. The molecule has 0 unspecified atom stereocenters. The number of pyridine rings is 1. The lowest BCUT2D eigenvalue weighted by Gasteiger charge is -2.28. The molecule has 7 nitrogen and oxygen atoms in total. The summed E-state index contributed by atoms with van der Waals surface area (Å²) >= 11 is 0. The van der Waals surface area contributed by atoms with Crippen molar-refractivity contribution in [2.75, 3.05) is 30.3 Å². The van der Waals surface area contributed by atoms with Crippen LogP contribution in [0.1, 0.15) is 69.8 Å². The van der Waals surface area contributed by atoms with Gasteiger partial charge in [0.1, 0.15) is 11.3 Å². The molecule has 0 saturated carbocycles. The maximum atomic E-state index is 6.45. The summed E-state index contributed by atoms with van der Waals surface area (Å²) in [7, 11) is 0. The highest BCUT2D eigenvalue weighted by Crippen LogP contribution is 2.32. The highest BCUT2D eigenvalue weighted by Gasteiger charge is 2.19. The van der Waals surface area contributed by atoms with Crippen LogP contribution in [0.5, 0.6) is 0 Å². The van der Waals surface area contributed by atoms with Crippen LogP contribution in [0, 0.1) is 0 Å². The number of H-pyrrole nitrogens is 1. The summed E-state index contributed by atoms with van der Waals surface area (Å²) < 4.78 is 0. The Bertz CT molecular complexity index is 1420. The molecule has 2 aliphatic rings. The molecule has 3 aromatic rings. The number of rotatable bonds is 8. The summed E-state index contributed by atoms with van der Waals surface area (Å²) in [4.78, 5) is 19.7. The first-order valence-corrected chi connectivity index (χ1v) is 14.1. The second-order valence-electron chi connectivity index (χ2n) is 9.70. The van der Waals surface area contributed by atoms with Gasteiger partial charge in [-0.3, -0.25) is 9.98 Å². The van der Waals surface area contributed by atoms with E-state index in [9.17, 15) is 0 Å². The number of aromatic nitrogens is 3. The molecule has 39 heavy (non-hydrogen) atoms. The Morgan fingerprint density at radius 3 is 2.69 bits per heavy atom. The van der Waals surface area contributed by atoms with Crippen molar-refractivity contribution in [3.05, 3.63) is 84.2 Å². The summed E-state index contributed by atoms with van der Waals surface area (Å²) in [5, 5.41) is 3.39. The van der Waals surface area contributed by atoms with Crippen molar-refractivity contribution in [2.45, 2.75) is 52.9 Å². The number of imidazole rings is 1. The van der Waals surface area contributed by atoms with Crippen LogP contribution in [0.25, 0.3) is 22.2 Å². The van der Waals surface area contributed by atoms with Gasteiger partial charge < -0.3 is 20.9 Å². The fraction of sp³-hybridized carbons (Fsp3) is 0.344. The SMILES string of the molecule is C=C(CCC)NC1=CC(c2ccc(N)c(C(=C)c3nc4c(N5CCCCC5)cncc4[nH]3)c2)=CCN=C1.CC.